The Bertz CT molecular complexity index is 452. The molecular formula is C14H18N2O. The van der Waals surface area contributed by atoms with Crippen molar-refractivity contribution in [1.82, 2.24) is 4.98 Å². The average Bonchev–Trinajstić information content (AvgIpc) is 2.42. The molecule has 0 aliphatic rings. The highest BCUT2D eigenvalue weighted by molar-refractivity contribution is 5.66. The Balaban J connectivity index is 0.000000686. The van der Waals surface area contributed by atoms with E-state index in [9.17, 15) is 5.11 Å². The molecule has 17 heavy (non-hydrogen) atoms. The summed E-state index contributed by atoms with van der Waals surface area (Å²) in [7, 11) is 1.84. The highest BCUT2D eigenvalue weighted by Gasteiger charge is 1.98. The Hall–Kier alpha value is -2.03. The van der Waals surface area contributed by atoms with Crippen molar-refractivity contribution in [2.24, 2.45) is 0 Å². The molecule has 0 amide bonds. The number of hydrogen-bond acceptors (Lipinski definition) is 3. The Morgan fingerprint density at radius 2 is 1.65 bits per heavy atom. The lowest BCUT2D eigenvalue weighted by molar-refractivity contribution is 0.475. The predicted octanol–water partition coefficient (Wildman–Crippen LogP) is 3.52. The Morgan fingerprint density at radius 1 is 1.00 bits per heavy atom. The normalized spacial score (nSPS) is 9.12. The van der Waals surface area contributed by atoms with Gasteiger partial charge in [0.05, 0.1) is 0 Å². The molecule has 2 rings (SSSR count). The van der Waals surface area contributed by atoms with Crippen LogP contribution >= 0.6 is 0 Å². The van der Waals surface area contributed by atoms with Gasteiger partial charge in [-0.15, -0.1) is 0 Å². The summed E-state index contributed by atoms with van der Waals surface area (Å²) in [6.45, 7) is 4.00. The smallest absolute Gasteiger partial charge is 0.126 e. The summed E-state index contributed by atoms with van der Waals surface area (Å²) in [5.41, 5.74) is 2.14. The van der Waals surface area contributed by atoms with Gasteiger partial charge in [-0.25, -0.2) is 4.98 Å². The van der Waals surface area contributed by atoms with Gasteiger partial charge < -0.3 is 10.4 Å². The molecule has 0 unspecified atom stereocenters. The number of nitrogens with zero attached hydrogens (tertiary/aromatic N) is 1. The Labute approximate surface area is 102 Å². The average molecular weight is 230 g/mol. The Morgan fingerprint density at radius 3 is 2.24 bits per heavy atom. The highest BCUT2D eigenvalue weighted by Crippen LogP contribution is 2.22. The van der Waals surface area contributed by atoms with Gasteiger partial charge in [-0.05, 0) is 35.4 Å². The second-order valence-corrected chi connectivity index (χ2v) is 3.23. The third kappa shape index (κ3) is 3.48. The van der Waals surface area contributed by atoms with Gasteiger partial charge in [-0.2, -0.15) is 0 Å². The number of aromatic nitrogens is 1. The summed E-state index contributed by atoms with van der Waals surface area (Å²) >= 11 is 0. The van der Waals surface area contributed by atoms with Crippen molar-refractivity contribution in [3.63, 3.8) is 0 Å². The third-order valence-corrected chi connectivity index (χ3v) is 2.22. The molecule has 0 bridgehead atoms. The van der Waals surface area contributed by atoms with Crippen molar-refractivity contribution in [3.05, 3.63) is 42.6 Å². The fourth-order valence-electron chi connectivity index (χ4n) is 1.40. The van der Waals surface area contributed by atoms with Gasteiger partial charge in [0.25, 0.3) is 0 Å². The van der Waals surface area contributed by atoms with Crippen LogP contribution < -0.4 is 5.32 Å². The zero-order valence-electron chi connectivity index (χ0n) is 10.4. The number of hydrogen-bond donors (Lipinski definition) is 2. The van der Waals surface area contributed by atoms with Crippen LogP contribution in [0.25, 0.3) is 11.1 Å². The molecule has 0 saturated carbocycles. The topological polar surface area (TPSA) is 45.1 Å². The summed E-state index contributed by atoms with van der Waals surface area (Å²) < 4.78 is 0. The van der Waals surface area contributed by atoms with Gasteiger partial charge >= 0.3 is 0 Å². The van der Waals surface area contributed by atoms with E-state index in [0.717, 1.165) is 16.9 Å². The van der Waals surface area contributed by atoms with Crippen LogP contribution in [0, 0.1) is 0 Å². The number of aromatic hydroxyl groups is 1. The predicted molar refractivity (Wildman–Crippen MR) is 72.2 cm³/mol. The van der Waals surface area contributed by atoms with E-state index < -0.39 is 0 Å². The molecule has 0 radical (unpaired) electrons. The number of phenols is 1. The molecule has 0 aliphatic heterocycles. The molecule has 1 aromatic carbocycles. The van der Waals surface area contributed by atoms with Crippen molar-refractivity contribution in [3.8, 4) is 16.9 Å². The minimum absolute atomic E-state index is 0.279. The van der Waals surface area contributed by atoms with Gasteiger partial charge in [0.1, 0.15) is 11.6 Å². The van der Waals surface area contributed by atoms with Gasteiger partial charge in [-0.3, -0.25) is 0 Å². The zero-order valence-corrected chi connectivity index (χ0v) is 10.4. The largest absolute Gasteiger partial charge is 0.508 e. The van der Waals surface area contributed by atoms with Crippen molar-refractivity contribution in [1.29, 1.82) is 0 Å². The molecule has 0 saturated heterocycles. The lowest BCUT2D eigenvalue weighted by atomic mass is 10.1. The molecule has 0 spiro atoms. The van der Waals surface area contributed by atoms with Crippen LogP contribution in [0.4, 0.5) is 5.82 Å². The molecule has 1 heterocycles. The van der Waals surface area contributed by atoms with Crippen molar-refractivity contribution in [2.75, 3.05) is 12.4 Å². The fraction of sp³-hybridized carbons (Fsp3) is 0.214. The number of benzene rings is 1. The first kappa shape index (κ1) is 13.0. The molecule has 0 fully saturated rings. The summed E-state index contributed by atoms with van der Waals surface area (Å²) in [6.07, 6.45) is 1.76. The summed E-state index contributed by atoms with van der Waals surface area (Å²) in [4.78, 5) is 4.14. The number of anilines is 1. The lowest BCUT2D eigenvalue weighted by Gasteiger charge is -2.04. The van der Waals surface area contributed by atoms with E-state index in [1.54, 1.807) is 18.3 Å². The third-order valence-electron chi connectivity index (χ3n) is 2.22. The zero-order chi connectivity index (χ0) is 12.7. The molecule has 3 nitrogen and oxygen atoms in total. The number of nitrogens with one attached hydrogen (secondary N) is 1. The van der Waals surface area contributed by atoms with E-state index in [4.69, 9.17) is 0 Å². The molecule has 0 atom stereocenters. The SMILES string of the molecule is CC.CNc1cc(-c2ccc(O)cc2)ccn1. The summed E-state index contributed by atoms with van der Waals surface area (Å²) in [6, 6.07) is 11.0. The molecule has 2 aromatic rings. The summed E-state index contributed by atoms with van der Waals surface area (Å²) in [5.74, 6) is 1.11. The standard InChI is InChI=1S/C12H12N2O.C2H6/c1-13-12-8-10(6-7-14-12)9-2-4-11(15)5-3-9;1-2/h2-8,15H,1H3,(H,13,14);1-2H3. The number of pyridine rings is 1. The van der Waals surface area contributed by atoms with E-state index in [1.165, 1.54) is 0 Å². The van der Waals surface area contributed by atoms with Crippen LogP contribution in [0.1, 0.15) is 13.8 Å². The van der Waals surface area contributed by atoms with Crippen LogP contribution in [0.2, 0.25) is 0 Å². The fourth-order valence-corrected chi connectivity index (χ4v) is 1.40. The minimum atomic E-state index is 0.279. The molecule has 0 aliphatic carbocycles. The van der Waals surface area contributed by atoms with Gasteiger partial charge in [-0.1, -0.05) is 26.0 Å². The molecular weight excluding hydrogens is 212 g/mol. The van der Waals surface area contributed by atoms with E-state index in [1.807, 2.05) is 45.2 Å². The maximum absolute atomic E-state index is 9.18. The van der Waals surface area contributed by atoms with Gasteiger partial charge in [0.2, 0.25) is 0 Å². The summed E-state index contributed by atoms with van der Waals surface area (Å²) in [5, 5.41) is 12.2. The monoisotopic (exact) mass is 230 g/mol. The van der Waals surface area contributed by atoms with Crippen molar-refractivity contribution in [2.45, 2.75) is 13.8 Å². The van der Waals surface area contributed by atoms with Gasteiger partial charge in [0.15, 0.2) is 0 Å². The Kier molecular flexibility index (Phi) is 5.01. The van der Waals surface area contributed by atoms with Crippen molar-refractivity contribution >= 4 is 5.82 Å². The first-order chi connectivity index (χ1) is 8.29. The van der Waals surface area contributed by atoms with Crippen LogP contribution in [0.15, 0.2) is 42.6 Å². The number of phenolic OH excluding ortho intramolecular Hbond substituents is 1. The maximum Gasteiger partial charge on any atom is 0.126 e. The maximum atomic E-state index is 9.18. The molecule has 1 aromatic heterocycles. The lowest BCUT2D eigenvalue weighted by Crippen LogP contribution is -1.91. The van der Waals surface area contributed by atoms with Crippen LogP contribution in [0.5, 0.6) is 5.75 Å². The van der Waals surface area contributed by atoms with Crippen LogP contribution in [0.3, 0.4) is 0 Å². The second kappa shape index (κ2) is 6.53. The first-order valence-corrected chi connectivity index (χ1v) is 5.73. The second-order valence-electron chi connectivity index (χ2n) is 3.23. The molecule has 3 heteroatoms. The van der Waals surface area contributed by atoms with E-state index in [-0.39, 0.29) is 5.75 Å². The molecule has 90 valence electrons. The number of rotatable bonds is 2. The van der Waals surface area contributed by atoms with Crippen LogP contribution in [-0.4, -0.2) is 17.1 Å². The van der Waals surface area contributed by atoms with Crippen LogP contribution in [-0.2, 0) is 0 Å². The van der Waals surface area contributed by atoms with E-state index >= 15 is 0 Å². The van der Waals surface area contributed by atoms with Crippen molar-refractivity contribution < 1.29 is 5.11 Å². The van der Waals surface area contributed by atoms with E-state index in [2.05, 4.69) is 10.3 Å². The quantitative estimate of drug-likeness (QED) is 0.829. The minimum Gasteiger partial charge on any atom is -0.508 e. The van der Waals surface area contributed by atoms with E-state index in [0.29, 0.717) is 0 Å². The highest BCUT2D eigenvalue weighted by atomic mass is 16.3. The van der Waals surface area contributed by atoms with Gasteiger partial charge in [0, 0.05) is 13.2 Å². The molecule has 2 N–H and O–H groups in total. The first-order valence-electron chi connectivity index (χ1n) is 5.73.